The van der Waals surface area contributed by atoms with Crippen molar-refractivity contribution in [2.24, 2.45) is 0 Å². The van der Waals surface area contributed by atoms with Gasteiger partial charge in [0.2, 0.25) is 0 Å². The van der Waals surface area contributed by atoms with E-state index in [0.717, 1.165) is 0 Å². The SMILES string of the molecule is CCN(CO)C(=S)NCO. The minimum atomic E-state index is -0.199. The first-order valence-electron chi connectivity index (χ1n) is 3.00. The largest absolute Gasteiger partial charge is 0.377 e. The van der Waals surface area contributed by atoms with Crippen LogP contribution < -0.4 is 5.32 Å². The molecule has 0 heterocycles. The summed E-state index contributed by atoms with van der Waals surface area (Å²) in [5.74, 6) is 0. The summed E-state index contributed by atoms with van der Waals surface area (Å²) >= 11 is 4.77. The van der Waals surface area contributed by atoms with Crippen molar-refractivity contribution in [3.8, 4) is 0 Å². The predicted molar refractivity (Wildman–Crippen MR) is 42.3 cm³/mol. The Hall–Kier alpha value is -0.390. The van der Waals surface area contributed by atoms with Crippen LogP contribution >= 0.6 is 12.2 Å². The van der Waals surface area contributed by atoms with E-state index in [0.29, 0.717) is 11.7 Å². The van der Waals surface area contributed by atoms with Gasteiger partial charge >= 0.3 is 0 Å². The second-order valence-electron chi connectivity index (χ2n) is 1.64. The van der Waals surface area contributed by atoms with Gasteiger partial charge in [0.1, 0.15) is 13.5 Å². The molecule has 0 aliphatic rings. The van der Waals surface area contributed by atoms with Crippen molar-refractivity contribution in [1.82, 2.24) is 10.2 Å². The zero-order chi connectivity index (χ0) is 7.98. The van der Waals surface area contributed by atoms with Crippen LogP contribution in [0.25, 0.3) is 0 Å². The van der Waals surface area contributed by atoms with Gasteiger partial charge in [0, 0.05) is 6.54 Å². The van der Waals surface area contributed by atoms with Crippen molar-refractivity contribution in [1.29, 1.82) is 0 Å². The van der Waals surface area contributed by atoms with Gasteiger partial charge < -0.3 is 20.4 Å². The molecule has 0 aliphatic carbocycles. The number of thiocarbonyl (C=S) groups is 1. The molecule has 0 aliphatic heterocycles. The first-order valence-corrected chi connectivity index (χ1v) is 3.41. The number of rotatable bonds is 3. The van der Waals surface area contributed by atoms with Crippen LogP contribution in [0.3, 0.4) is 0 Å². The summed E-state index contributed by atoms with van der Waals surface area (Å²) < 4.78 is 0. The number of hydrogen-bond acceptors (Lipinski definition) is 3. The molecule has 0 atom stereocenters. The molecule has 0 fully saturated rings. The smallest absolute Gasteiger partial charge is 0.172 e. The third-order valence-corrected chi connectivity index (χ3v) is 1.47. The second kappa shape index (κ2) is 5.40. The first-order chi connectivity index (χ1) is 4.76. The fourth-order valence-corrected chi connectivity index (χ4v) is 0.739. The lowest BCUT2D eigenvalue weighted by molar-refractivity contribution is 0.170. The number of aliphatic hydroxyl groups excluding tert-OH is 2. The van der Waals surface area contributed by atoms with E-state index in [1.54, 1.807) is 0 Å². The summed E-state index contributed by atoms with van der Waals surface area (Å²) in [7, 11) is 0. The quantitative estimate of drug-likeness (QED) is 0.372. The summed E-state index contributed by atoms with van der Waals surface area (Å²) in [6.07, 6.45) is 0. The van der Waals surface area contributed by atoms with E-state index in [9.17, 15) is 0 Å². The van der Waals surface area contributed by atoms with E-state index in [-0.39, 0.29) is 13.5 Å². The Kier molecular flexibility index (Phi) is 5.19. The van der Waals surface area contributed by atoms with Crippen LogP contribution in [-0.4, -0.2) is 40.2 Å². The molecule has 0 spiro atoms. The highest BCUT2D eigenvalue weighted by Crippen LogP contribution is 1.85. The van der Waals surface area contributed by atoms with E-state index >= 15 is 0 Å². The van der Waals surface area contributed by atoms with Crippen molar-refractivity contribution in [3.63, 3.8) is 0 Å². The highest BCUT2D eigenvalue weighted by Gasteiger charge is 2.02. The zero-order valence-corrected chi connectivity index (χ0v) is 6.69. The molecule has 60 valence electrons. The van der Waals surface area contributed by atoms with Gasteiger partial charge in [-0.25, -0.2) is 0 Å². The van der Waals surface area contributed by atoms with Crippen LogP contribution in [0.2, 0.25) is 0 Å². The summed E-state index contributed by atoms with van der Waals surface area (Å²) in [6, 6.07) is 0. The van der Waals surface area contributed by atoms with Gasteiger partial charge in [-0.05, 0) is 19.1 Å². The van der Waals surface area contributed by atoms with E-state index in [1.807, 2.05) is 6.92 Å². The first kappa shape index (κ1) is 9.61. The molecule has 0 unspecified atom stereocenters. The van der Waals surface area contributed by atoms with Crippen LogP contribution in [0.15, 0.2) is 0 Å². The molecule has 0 saturated carbocycles. The summed E-state index contributed by atoms with van der Waals surface area (Å²) in [5.41, 5.74) is 0. The van der Waals surface area contributed by atoms with Gasteiger partial charge in [0.15, 0.2) is 5.11 Å². The molecule has 5 heteroatoms. The average Bonchev–Trinajstić information content (AvgIpc) is 1.91. The van der Waals surface area contributed by atoms with Crippen LogP contribution in [0.5, 0.6) is 0 Å². The molecule has 0 rings (SSSR count). The number of nitrogens with one attached hydrogen (secondary N) is 1. The monoisotopic (exact) mass is 164 g/mol. The van der Waals surface area contributed by atoms with E-state index in [2.05, 4.69) is 5.32 Å². The van der Waals surface area contributed by atoms with Gasteiger partial charge in [-0.1, -0.05) is 0 Å². The van der Waals surface area contributed by atoms with E-state index in [1.165, 1.54) is 4.90 Å². The molecule has 10 heavy (non-hydrogen) atoms. The lowest BCUT2D eigenvalue weighted by atomic mass is 10.6. The van der Waals surface area contributed by atoms with Gasteiger partial charge in [-0.2, -0.15) is 0 Å². The van der Waals surface area contributed by atoms with Gasteiger partial charge in [-0.15, -0.1) is 0 Å². The Labute approximate surface area is 65.5 Å². The van der Waals surface area contributed by atoms with E-state index in [4.69, 9.17) is 22.4 Å². The van der Waals surface area contributed by atoms with Crippen molar-refractivity contribution in [2.75, 3.05) is 20.0 Å². The van der Waals surface area contributed by atoms with Gasteiger partial charge in [-0.3, -0.25) is 0 Å². The lowest BCUT2D eigenvalue weighted by Gasteiger charge is -2.20. The van der Waals surface area contributed by atoms with Crippen molar-refractivity contribution in [2.45, 2.75) is 6.92 Å². The Morgan fingerprint density at radius 1 is 1.60 bits per heavy atom. The maximum atomic E-state index is 8.64. The normalized spacial score (nSPS) is 9.10. The third-order valence-electron chi connectivity index (χ3n) is 1.07. The summed E-state index contributed by atoms with van der Waals surface area (Å²) in [6.45, 7) is 2.17. The highest BCUT2D eigenvalue weighted by atomic mass is 32.1. The fraction of sp³-hybridized carbons (Fsp3) is 0.800. The maximum Gasteiger partial charge on any atom is 0.172 e. The van der Waals surface area contributed by atoms with Crippen molar-refractivity contribution >= 4 is 17.3 Å². The minimum absolute atomic E-state index is 0.123. The third kappa shape index (κ3) is 2.95. The molecule has 0 bridgehead atoms. The summed E-state index contributed by atoms with van der Waals surface area (Å²) in [5, 5.41) is 19.9. The standard InChI is InChI=1S/C5H12N2O2S/c1-2-7(4-9)5(10)6-3-8/h8-9H,2-4H2,1H3,(H,6,10). The Bertz CT molecular complexity index is 106. The van der Waals surface area contributed by atoms with Gasteiger partial charge in [0.05, 0.1) is 0 Å². The Balaban J connectivity index is 3.65. The molecule has 0 amide bonds. The maximum absolute atomic E-state index is 8.64. The molecule has 0 radical (unpaired) electrons. The Morgan fingerprint density at radius 3 is 2.50 bits per heavy atom. The number of hydrogen-bond donors (Lipinski definition) is 3. The van der Waals surface area contributed by atoms with Crippen LogP contribution in [-0.2, 0) is 0 Å². The average molecular weight is 164 g/mol. The van der Waals surface area contributed by atoms with Crippen molar-refractivity contribution < 1.29 is 10.2 Å². The van der Waals surface area contributed by atoms with Crippen molar-refractivity contribution in [3.05, 3.63) is 0 Å². The fourth-order valence-electron chi connectivity index (χ4n) is 0.487. The molecule has 0 aromatic heterocycles. The zero-order valence-electron chi connectivity index (χ0n) is 5.87. The second-order valence-corrected chi connectivity index (χ2v) is 2.02. The molecule has 0 saturated heterocycles. The molecular formula is C5H12N2O2S. The van der Waals surface area contributed by atoms with E-state index < -0.39 is 0 Å². The number of aliphatic hydroxyl groups is 2. The summed E-state index contributed by atoms with van der Waals surface area (Å²) in [4.78, 5) is 1.52. The Morgan fingerprint density at radius 2 is 2.20 bits per heavy atom. The van der Waals surface area contributed by atoms with Gasteiger partial charge in [0.25, 0.3) is 0 Å². The van der Waals surface area contributed by atoms with Crippen LogP contribution in [0.1, 0.15) is 6.92 Å². The van der Waals surface area contributed by atoms with Crippen LogP contribution in [0, 0.1) is 0 Å². The molecule has 3 N–H and O–H groups in total. The predicted octanol–water partition coefficient (Wildman–Crippen LogP) is -0.918. The molecule has 4 nitrogen and oxygen atoms in total. The molecular weight excluding hydrogens is 152 g/mol. The molecule has 0 aromatic rings. The highest BCUT2D eigenvalue weighted by molar-refractivity contribution is 7.80. The van der Waals surface area contributed by atoms with Crippen LogP contribution in [0.4, 0.5) is 0 Å². The molecule has 0 aromatic carbocycles. The topological polar surface area (TPSA) is 55.7 Å². The number of nitrogens with zero attached hydrogens (tertiary/aromatic N) is 1. The lowest BCUT2D eigenvalue weighted by Crippen LogP contribution is -2.40. The minimum Gasteiger partial charge on any atom is -0.377 e.